The van der Waals surface area contributed by atoms with E-state index in [0.29, 0.717) is 13.0 Å². The molecule has 0 bridgehead atoms. The van der Waals surface area contributed by atoms with Crippen molar-refractivity contribution < 1.29 is 9.53 Å². The van der Waals surface area contributed by atoms with Gasteiger partial charge in [0.1, 0.15) is 0 Å². The zero-order valence-corrected chi connectivity index (χ0v) is 10.3. The van der Waals surface area contributed by atoms with E-state index in [0.717, 1.165) is 16.1 Å². The number of carbonyl (C=O) groups is 1. The maximum atomic E-state index is 11.1. The van der Waals surface area contributed by atoms with Crippen molar-refractivity contribution >= 4 is 23.6 Å². The van der Waals surface area contributed by atoms with E-state index >= 15 is 0 Å². The first-order chi connectivity index (χ1) is 7.63. The summed E-state index contributed by atoms with van der Waals surface area (Å²) < 4.78 is 4.81. The lowest BCUT2D eigenvalue weighted by Crippen LogP contribution is -2.01. The Morgan fingerprint density at radius 2 is 2.25 bits per heavy atom. The van der Waals surface area contributed by atoms with E-state index in [1.165, 1.54) is 0 Å². The molecule has 0 saturated carbocycles. The molecule has 0 fully saturated rings. The number of rotatable bonds is 4. The molecular weight excluding hydrogens is 224 g/mol. The molecule has 2 nitrogen and oxygen atoms in total. The highest BCUT2D eigenvalue weighted by Crippen LogP contribution is 2.17. The quantitative estimate of drug-likeness (QED) is 0.749. The number of aryl methyl sites for hydroxylation is 1. The average Bonchev–Trinajstić information content (AvgIpc) is 2.24. The Labute approximate surface area is 101 Å². The zero-order valence-electron chi connectivity index (χ0n) is 9.50. The van der Waals surface area contributed by atoms with E-state index in [1.807, 2.05) is 31.2 Å². The SMILES string of the molecule is CCOC(=O)CC=Cc1ccc(Cl)c(C)c1. The van der Waals surface area contributed by atoms with Crippen molar-refractivity contribution in [3.8, 4) is 0 Å². The van der Waals surface area contributed by atoms with Gasteiger partial charge in [-0.3, -0.25) is 4.79 Å². The molecule has 1 rings (SSSR count). The number of benzene rings is 1. The third-order valence-corrected chi connectivity index (χ3v) is 2.51. The Kier molecular flexibility index (Phi) is 5.06. The summed E-state index contributed by atoms with van der Waals surface area (Å²) in [6, 6.07) is 5.74. The van der Waals surface area contributed by atoms with Crippen molar-refractivity contribution in [3.63, 3.8) is 0 Å². The standard InChI is InChI=1S/C13H15ClO2/c1-3-16-13(15)6-4-5-11-7-8-12(14)10(2)9-11/h4-5,7-9H,3,6H2,1-2H3. The minimum atomic E-state index is -0.204. The first kappa shape index (κ1) is 12.8. The minimum absolute atomic E-state index is 0.204. The molecule has 1 aromatic rings. The molecule has 0 unspecified atom stereocenters. The molecule has 0 spiro atoms. The number of hydrogen-bond donors (Lipinski definition) is 0. The van der Waals surface area contributed by atoms with Gasteiger partial charge in [-0.05, 0) is 31.0 Å². The van der Waals surface area contributed by atoms with Crippen molar-refractivity contribution in [3.05, 3.63) is 40.4 Å². The van der Waals surface area contributed by atoms with Gasteiger partial charge in [0, 0.05) is 5.02 Å². The lowest BCUT2D eigenvalue weighted by Gasteiger charge is -1.99. The highest BCUT2D eigenvalue weighted by Gasteiger charge is 1.97. The van der Waals surface area contributed by atoms with Crippen LogP contribution in [-0.4, -0.2) is 12.6 Å². The minimum Gasteiger partial charge on any atom is -0.466 e. The van der Waals surface area contributed by atoms with E-state index < -0.39 is 0 Å². The number of ether oxygens (including phenoxy) is 1. The maximum Gasteiger partial charge on any atom is 0.309 e. The van der Waals surface area contributed by atoms with Gasteiger partial charge in [-0.1, -0.05) is 35.9 Å². The van der Waals surface area contributed by atoms with E-state index in [1.54, 1.807) is 13.0 Å². The van der Waals surface area contributed by atoms with Crippen LogP contribution in [0.15, 0.2) is 24.3 Å². The Morgan fingerprint density at radius 1 is 1.50 bits per heavy atom. The number of esters is 1. The largest absolute Gasteiger partial charge is 0.466 e. The van der Waals surface area contributed by atoms with E-state index in [9.17, 15) is 4.79 Å². The Bertz CT molecular complexity index is 397. The van der Waals surface area contributed by atoms with Gasteiger partial charge in [-0.25, -0.2) is 0 Å². The summed E-state index contributed by atoms with van der Waals surface area (Å²) in [6.07, 6.45) is 3.98. The van der Waals surface area contributed by atoms with Gasteiger partial charge in [-0.15, -0.1) is 0 Å². The molecule has 0 saturated heterocycles. The summed E-state index contributed by atoms with van der Waals surface area (Å²) in [5.41, 5.74) is 2.06. The van der Waals surface area contributed by atoms with Gasteiger partial charge in [0.2, 0.25) is 0 Å². The molecule has 3 heteroatoms. The van der Waals surface area contributed by atoms with Crippen molar-refractivity contribution in [1.29, 1.82) is 0 Å². The monoisotopic (exact) mass is 238 g/mol. The van der Waals surface area contributed by atoms with E-state index in [2.05, 4.69) is 0 Å². The summed E-state index contributed by atoms with van der Waals surface area (Å²) in [7, 11) is 0. The Morgan fingerprint density at radius 3 is 2.88 bits per heavy atom. The van der Waals surface area contributed by atoms with Crippen molar-refractivity contribution in [1.82, 2.24) is 0 Å². The molecular formula is C13H15ClO2. The second-order valence-corrected chi connectivity index (χ2v) is 3.83. The van der Waals surface area contributed by atoms with Crippen LogP contribution in [0.5, 0.6) is 0 Å². The molecule has 0 radical (unpaired) electrons. The van der Waals surface area contributed by atoms with Crippen LogP contribution in [0.25, 0.3) is 6.08 Å². The molecule has 1 aromatic carbocycles. The highest BCUT2D eigenvalue weighted by molar-refractivity contribution is 6.31. The third kappa shape index (κ3) is 4.07. The van der Waals surface area contributed by atoms with Gasteiger partial charge in [0.05, 0.1) is 13.0 Å². The predicted octanol–water partition coefficient (Wildman–Crippen LogP) is 3.61. The normalized spacial score (nSPS) is 10.7. The highest BCUT2D eigenvalue weighted by atomic mass is 35.5. The lowest BCUT2D eigenvalue weighted by atomic mass is 10.1. The molecule has 0 amide bonds. The van der Waals surface area contributed by atoms with Crippen LogP contribution in [0.2, 0.25) is 5.02 Å². The van der Waals surface area contributed by atoms with E-state index in [-0.39, 0.29) is 5.97 Å². The Balaban J connectivity index is 2.56. The summed E-state index contributed by atoms with van der Waals surface area (Å²) in [5.74, 6) is -0.204. The van der Waals surface area contributed by atoms with Gasteiger partial charge in [0.15, 0.2) is 0 Å². The molecule has 0 atom stereocenters. The molecule has 86 valence electrons. The summed E-state index contributed by atoms with van der Waals surface area (Å²) in [5, 5.41) is 0.752. The zero-order chi connectivity index (χ0) is 12.0. The molecule has 0 aliphatic carbocycles. The molecule has 16 heavy (non-hydrogen) atoms. The molecule has 0 aromatic heterocycles. The molecule has 0 heterocycles. The van der Waals surface area contributed by atoms with Crippen LogP contribution in [0.4, 0.5) is 0 Å². The fourth-order valence-corrected chi connectivity index (χ4v) is 1.40. The molecule has 0 aliphatic rings. The average molecular weight is 239 g/mol. The van der Waals surface area contributed by atoms with Crippen LogP contribution >= 0.6 is 11.6 Å². The summed E-state index contributed by atoms with van der Waals surface area (Å²) >= 11 is 5.91. The molecule has 0 N–H and O–H groups in total. The predicted molar refractivity (Wildman–Crippen MR) is 66.5 cm³/mol. The third-order valence-electron chi connectivity index (χ3n) is 2.08. The van der Waals surface area contributed by atoms with Crippen molar-refractivity contribution in [2.24, 2.45) is 0 Å². The second kappa shape index (κ2) is 6.33. The maximum absolute atomic E-state index is 11.1. The number of carbonyl (C=O) groups excluding carboxylic acids is 1. The van der Waals surface area contributed by atoms with E-state index in [4.69, 9.17) is 16.3 Å². The van der Waals surface area contributed by atoms with Crippen LogP contribution in [0.1, 0.15) is 24.5 Å². The van der Waals surface area contributed by atoms with Gasteiger partial charge < -0.3 is 4.74 Å². The molecule has 0 aliphatic heterocycles. The van der Waals surface area contributed by atoms with Crippen LogP contribution < -0.4 is 0 Å². The fourth-order valence-electron chi connectivity index (χ4n) is 1.28. The van der Waals surface area contributed by atoms with Crippen LogP contribution in [-0.2, 0) is 9.53 Å². The second-order valence-electron chi connectivity index (χ2n) is 3.42. The van der Waals surface area contributed by atoms with Gasteiger partial charge >= 0.3 is 5.97 Å². The van der Waals surface area contributed by atoms with Crippen LogP contribution in [0, 0.1) is 6.92 Å². The van der Waals surface area contributed by atoms with Gasteiger partial charge in [0.25, 0.3) is 0 Å². The first-order valence-corrected chi connectivity index (χ1v) is 5.59. The number of hydrogen-bond acceptors (Lipinski definition) is 2. The number of halogens is 1. The first-order valence-electron chi connectivity index (χ1n) is 5.21. The lowest BCUT2D eigenvalue weighted by molar-refractivity contribution is -0.142. The Hall–Kier alpha value is -1.28. The van der Waals surface area contributed by atoms with Crippen molar-refractivity contribution in [2.75, 3.05) is 6.61 Å². The van der Waals surface area contributed by atoms with Gasteiger partial charge in [-0.2, -0.15) is 0 Å². The van der Waals surface area contributed by atoms with Crippen molar-refractivity contribution in [2.45, 2.75) is 20.3 Å². The van der Waals surface area contributed by atoms with Crippen LogP contribution in [0.3, 0.4) is 0 Å². The summed E-state index contributed by atoms with van der Waals surface area (Å²) in [6.45, 7) is 4.17. The topological polar surface area (TPSA) is 26.3 Å². The fraction of sp³-hybridized carbons (Fsp3) is 0.308. The summed E-state index contributed by atoms with van der Waals surface area (Å²) in [4.78, 5) is 11.1. The smallest absolute Gasteiger partial charge is 0.309 e.